The van der Waals surface area contributed by atoms with Crippen LogP contribution in [0.25, 0.3) is 0 Å². The average Bonchev–Trinajstić information content (AvgIpc) is 2.12. The van der Waals surface area contributed by atoms with E-state index in [1.165, 1.54) is 0 Å². The summed E-state index contributed by atoms with van der Waals surface area (Å²) < 4.78 is 0. The van der Waals surface area contributed by atoms with Gasteiger partial charge in [-0.2, -0.15) is 0 Å². The van der Waals surface area contributed by atoms with Crippen LogP contribution in [0.3, 0.4) is 0 Å². The van der Waals surface area contributed by atoms with E-state index in [9.17, 15) is 4.79 Å². The minimum absolute atomic E-state index is 0.0897. The van der Waals surface area contributed by atoms with Gasteiger partial charge in [-0.25, -0.2) is 0 Å². The molecular formula is C11H24N2O. The molecule has 0 aromatic carbocycles. The summed E-state index contributed by atoms with van der Waals surface area (Å²) in [5.41, 5.74) is 0. The first-order valence-corrected chi connectivity index (χ1v) is 5.57. The number of nitrogens with one attached hydrogen (secondary N) is 2. The summed E-state index contributed by atoms with van der Waals surface area (Å²) in [6.45, 7) is 10.1. The van der Waals surface area contributed by atoms with Crippen LogP contribution in [0.15, 0.2) is 0 Å². The third-order valence-electron chi connectivity index (χ3n) is 2.30. The van der Waals surface area contributed by atoms with Crippen LogP contribution >= 0.6 is 0 Å². The molecule has 3 heteroatoms. The van der Waals surface area contributed by atoms with Crippen LogP contribution in [0.5, 0.6) is 0 Å². The van der Waals surface area contributed by atoms with Crippen molar-refractivity contribution in [2.24, 2.45) is 0 Å². The Morgan fingerprint density at radius 2 is 1.64 bits per heavy atom. The SMILES string of the molecule is CCC(CC)NC(C)C(=O)NC(C)C. The highest BCUT2D eigenvalue weighted by molar-refractivity contribution is 5.81. The number of carbonyl (C=O) groups is 1. The predicted octanol–water partition coefficient (Wildman–Crippen LogP) is 1.68. The van der Waals surface area contributed by atoms with E-state index >= 15 is 0 Å². The molecule has 0 aliphatic carbocycles. The molecule has 1 atom stereocenters. The summed E-state index contributed by atoms with van der Waals surface area (Å²) in [5, 5.41) is 6.20. The molecule has 1 amide bonds. The first kappa shape index (κ1) is 13.4. The maximum atomic E-state index is 11.5. The fourth-order valence-electron chi connectivity index (χ4n) is 1.36. The second kappa shape index (κ2) is 6.82. The van der Waals surface area contributed by atoms with E-state index in [1.54, 1.807) is 0 Å². The predicted molar refractivity (Wildman–Crippen MR) is 60.2 cm³/mol. The van der Waals surface area contributed by atoms with Crippen molar-refractivity contribution in [2.75, 3.05) is 0 Å². The Labute approximate surface area is 87.6 Å². The zero-order valence-electron chi connectivity index (χ0n) is 10.1. The van der Waals surface area contributed by atoms with E-state index in [1.807, 2.05) is 20.8 Å². The molecule has 0 spiro atoms. The first-order valence-electron chi connectivity index (χ1n) is 5.57. The van der Waals surface area contributed by atoms with Crippen LogP contribution in [0.4, 0.5) is 0 Å². The topological polar surface area (TPSA) is 41.1 Å². The fraction of sp³-hybridized carbons (Fsp3) is 0.909. The smallest absolute Gasteiger partial charge is 0.237 e. The van der Waals surface area contributed by atoms with Crippen LogP contribution in [-0.2, 0) is 4.79 Å². The molecule has 14 heavy (non-hydrogen) atoms. The molecule has 0 aliphatic rings. The van der Waals surface area contributed by atoms with E-state index in [2.05, 4.69) is 24.5 Å². The van der Waals surface area contributed by atoms with Gasteiger partial charge < -0.3 is 10.6 Å². The summed E-state index contributed by atoms with van der Waals surface area (Å²) in [7, 11) is 0. The lowest BCUT2D eigenvalue weighted by atomic mass is 10.1. The molecule has 0 bridgehead atoms. The van der Waals surface area contributed by atoms with Crippen molar-refractivity contribution in [3.8, 4) is 0 Å². The number of rotatable bonds is 6. The summed E-state index contributed by atoms with van der Waals surface area (Å²) >= 11 is 0. The molecular weight excluding hydrogens is 176 g/mol. The normalized spacial score (nSPS) is 13.4. The molecule has 0 aliphatic heterocycles. The molecule has 3 nitrogen and oxygen atoms in total. The van der Waals surface area contributed by atoms with E-state index in [4.69, 9.17) is 0 Å². The highest BCUT2D eigenvalue weighted by Gasteiger charge is 2.15. The quantitative estimate of drug-likeness (QED) is 0.685. The Morgan fingerprint density at radius 1 is 1.14 bits per heavy atom. The Kier molecular flexibility index (Phi) is 6.54. The number of amides is 1. The van der Waals surface area contributed by atoms with Crippen molar-refractivity contribution >= 4 is 5.91 Å². The molecule has 2 N–H and O–H groups in total. The third kappa shape index (κ3) is 5.22. The molecule has 0 rings (SSSR count). The molecule has 0 saturated heterocycles. The largest absolute Gasteiger partial charge is 0.353 e. The Bertz CT molecular complexity index is 165. The highest BCUT2D eigenvalue weighted by Crippen LogP contribution is 1.98. The maximum Gasteiger partial charge on any atom is 0.237 e. The lowest BCUT2D eigenvalue weighted by Crippen LogP contribution is -2.48. The molecule has 0 saturated carbocycles. The van der Waals surface area contributed by atoms with Gasteiger partial charge in [0.2, 0.25) is 5.91 Å². The summed E-state index contributed by atoms with van der Waals surface area (Å²) in [4.78, 5) is 11.5. The minimum Gasteiger partial charge on any atom is -0.353 e. The standard InChI is InChI=1S/C11H24N2O/c1-6-10(7-2)13-9(5)11(14)12-8(3)4/h8-10,13H,6-7H2,1-5H3,(H,12,14). The van der Waals surface area contributed by atoms with Gasteiger partial charge in [-0.3, -0.25) is 4.79 Å². The molecule has 0 fully saturated rings. The van der Waals surface area contributed by atoms with Crippen molar-refractivity contribution < 1.29 is 4.79 Å². The van der Waals surface area contributed by atoms with Crippen LogP contribution in [0.2, 0.25) is 0 Å². The van der Waals surface area contributed by atoms with Crippen molar-refractivity contribution in [3.05, 3.63) is 0 Å². The van der Waals surface area contributed by atoms with Crippen molar-refractivity contribution in [2.45, 2.75) is 65.6 Å². The molecule has 0 aromatic rings. The van der Waals surface area contributed by atoms with E-state index in [0.717, 1.165) is 12.8 Å². The van der Waals surface area contributed by atoms with Crippen LogP contribution in [0, 0.1) is 0 Å². The van der Waals surface area contributed by atoms with Crippen molar-refractivity contribution in [1.82, 2.24) is 10.6 Å². The second-order valence-electron chi connectivity index (χ2n) is 4.07. The average molecular weight is 200 g/mol. The monoisotopic (exact) mass is 200 g/mol. The first-order chi connectivity index (χ1) is 6.51. The number of carbonyl (C=O) groups excluding carboxylic acids is 1. The van der Waals surface area contributed by atoms with Gasteiger partial charge in [0.1, 0.15) is 0 Å². The minimum atomic E-state index is -0.0951. The highest BCUT2D eigenvalue weighted by atomic mass is 16.2. The van der Waals surface area contributed by atoms with Gasteiger partial charge in [0.05, 0.1) is 6.04 Å². The van der Waals surface area contributed by atoms with Crippen LogP contribution < -0.4 is 10.6 Å². The molecule has 84 valence electrons. The third-order valence-corrected chi connectivity index (χ3v) is 2.30. The lowest BCUT2D eigenvalue weighted by Gasteiger charge is -2.21. The van der Waals surface area contributed by atoms with Gasteiger partial charge in [0, 0.05) is 12.1 Å². The summed E-state index contributed by atoms with van der Waals surface area (Å²) in [6.07, 6.45) is 2.13. The number of hydrogen-bond donors (Lipinski definition) is 2. The van der Waals surface area contributed by atoms with Gasteiger partial charge in [-0.1, -0.05) is 13.8 Å². The van der Waals surface area contributed by atoms with E-state index in [0.29, 0.717) is 6.04 Å². The van der Waals surface area contributed by atoms with Gasteiger partial charge in [0.15, 0.2) is 0 Å². The Balaban J connectivity index is 3.93. The molecule has 0 aromatic heterocycles. The zero-order chi connectivity index (χ0) is 11.1. The van der Waals surface area contributed by atoms with Crippen molar-refractivity contribution in [1.29, 1.82) is 0 Å². The lowest BCUT2D eigenvalue weighted by molar-refractivity contribution is -0.123. The second-order valence-corrected chi connectivity index (χ2v) is 4.07. The van der Waals surface area contributed by atoms with Gasteiger partial charge in [-0.15, -0.1) is 0 Å². The zero-order valence-corrected chi connectivity index (χ0v) is 10.1. The Hall–Kier alpha value is -0.570. The summed E-state index contributed by atoms with van der Waals surface area (Å²) in [6, 6.07) is 0.568. The number of hydrogen-bond acceptors (Lipinski definition) is 2. The van der Waals surface area contributed by atoms with Crippen molar-refractivity contribution in [3.63, 3.8) is 0 Å². The van der Waals surface area contributed by atoms with E-state index < -0.39 is 0 Å². The molecule has 1 unspecified atom stereocenters. The van der Waals surface area contributed by atoms with Crippen LogP contribution in [-0.4, -0.2) is 24.0 Å². The van der Waals surface area contributed by atoms with Gasteiger partial charge in [0.25, 0.3) is 0 Å². The van der Waals surface area contributed by atoms with Crippen LogP contribution in [0.1, 0.15) is 47.5 Å². The fourth-order valence-corrected chi connectivity index (χ4v) is 1.36. The van der Waals surface area contributed by atoms with E-state index in [-0.39, 0.29) is 18.0 Å². The van der Waals surface area contributed by atoms with Gasteiger partial charge >= 0.3 is 0 Å². The Morgan fingerprint density at radius 3 is 2.00 bits per heavy atom. The molecule has 0 radical (unpaired) electrons. The summed E-state index contributed by atoms with van der Waals surface area (Å²) in [5.74, 6) is 0.0897. The maximum absolute atomic E-state index is 11.5. The van der Waals surface area contributed by atoms with Gasteiger partial charge in [-0.05, 0) is 33.6 Å². The molecule has 0 heterocycles.